The Morgan fingerprint density at radius 1 is 1.32 bits per heavy atom. The van der Waals surface area contributed by atoms with Gasteiger partial charge in [-0.15, -0.1) is 0 Å². The van der Waals surface area contributed by atoms with Gasteiger partial charge in [0.25, 0.3) is 11.6 Å². The van der Waals surface area contributed by atoms with Gasteiger partial charge in [-0.1, -0.05) is 32.3 Å². The Bertz CT molecular complexity index is 499. The third kappa shape index (κ3) is 2.75. The zero-order valence-corrected chi connectivity index (χ0v) is 11.1. The predicted octanol–water partition coefficient (Wildman–Crippen LogP) is 3.13. The molecule has 1 aromatic rings. The number of nitrogens with zero attached hydrogens (tertiary/aromatic N) is 2. The number of benzene rings is 1. The summed E-state index contributed by atoms with van der Waals surface area (Å²) in [6.07, 6.45) is 4.37. The summed E-state index contributed by atoms with van der Waals surface area (Å²) in [7, 11) is 0. The third-order valence-corrected chi connectivity index (χ3v) is 3.50. The fourth-order valence-electron chi connectivity index (χ4n) is 2.46. The average molecular weight is 262 g/mol. The summed E-state index contributed by atoms with van der Waals surface area (Å²) in [6, 6.07) is 4.72. The summed E-state index contributed by atoms with van der Waals surface area (Å²) in [5.74, 6) is -0.0739. The summed E-state index contributed by atoms with van der Waals surface area (Å²) in [5, 5.41) is 10.9. The number of amides is 1. The van der Waals surface area contributed by atoms with E-state index in [9.17, 15) is 14.9 Å². The fourth-order valence-corrected chi connectivity index (χ4v) is 2.46. The van der Waals surface area contributed by atoms with Crippen LogP contribution in [0.2, 0.25) is 0 Å². The second-order valence-electron chi connectivity index (χ2n) is 4.85. The zero-order chi connectivity index (χ0) is 13.8. The van der Waals surface area contributed by atoms with E-state index in [1.54, 1.807) is 17.0 Å². The Balaban J connectivity index is 2.08. The molecular weight excluding hydrogens is 244 g/mol. The molecular formula is C14H18N2O3. The number of carbonyl (C=O) groups is 1. The first-order valence-electron chi connectivity index (χ1n) is 6.70. The first-order chi connectivity index (χ1) is 9.15. The van der Waals surface area contributed by atoms with Crippen molar-refractivity contribution in [1.82, 2.24) is 4.90 Å². The maximum Gasteiger partial charge on any atom is 0.275 e. The molecule has 1 amide bonds. The Kier molecular flexibility index (Phi) is 4.14. The SMILES string of the molecule is CCCCCCN1Cc2c(cccc2[N+](=O)[O-])C1=O. The number of rotatable bonds is 6. The van der Waals surface area contributed by atoms with Gasteiger partial charge in [0.15, 0.2) is 0 Å². The monoisotopic (exact) mass is 262 g/mol. The van der Waals surface area contributed by atoms with Crippen molar-refractivity contribution >= 4 is 11.6 Å². The Hall–Kier alpha value is -1.91. The summed E-state index contributed by atoms with van der Waals surface area (Å²) in [4.78, 5) is 24.4. The topological polar surface area (TPSA) is 63.4 Å². The predicted molar refractivity (Wildman–Crippen MR) is 72.0 cm³/mol. The molecule has 19 heavy (non-hydrogen) atoms. The highest BCUT2D eigenvalue weighted by atomic mass is 16.6. The van der Waals surface area contributed by atoms with Gasteiger partial charge < -0.3 is 4.90 Å². The van der Waals surface area contributed by atoms with Crippen LogP contribution in [-0.4, -0.2) is 22.3 Å². The van der Waals surface area contributed by atoms with Crippen molar-refractivity contribution in [3.63, 3.8) is 0 Å². The molecule has 1 heterocycles. The molecule has 0 spiro atoms. The van der Waals surface area contributed by atoms with E-state index in [0.717, 1.165) is 25.7 Å². The molecule has 0 aliphatic carbocycles. The molecule has 1 aliphatic rings. The number of nitro benzene ring substituents is 1. The lowest BCUT2D eigenvalue weighted by molar-refractivity contribution is -0.385. The third-order valence-electron chi connectivity index (χ3n) is 3.50. The largest absolute Gasteiger partial charge is 0.334 e. The van der Waals surface area contributed by atoms with E-state index in [4.69, 9.17) is 0 Å². The zero-order valence-electron chi connectivity index (χ0n) is 11.1. The molecule has 5 nitrogen and oxygen atoms in total. The molecule has 1 aliphatic heterocycles. The van der Waals surface area contributed by atoms with E-state index in [1.807, 2.05) is 0 Å². The molecule has 2 rings (SSSR count). The highest BCUT2D eigenvalue weighted by molar-refractivity contribution is 5.99. The van der Waals surface area contributed by atoms with Crippen molar-refractivity contribution in [2.24, 2.45) is 0 Å². The van der Waals surface area contributed by atoms with Gasteiger partial charge in [-0.25, -0.2) is 0 Å². The molecule has 0 bridgehead atoms. The van der Waals surface area contributed by atoms with E-state index >= 15 is 0 Å². The van der Waals surface area contributed by atoms with Gasteiger partial charge in [-0.05, 0) is 12.5 Å². The summed E-state index contributed by atoms with van der Waals surface area (Å²) >= 11 is 0. The fraction of sp³-hybridized carbons (Fsp3) is 0.500. The Morgan fingerprint density at radius 3 is 2.79 bits per heavy atom. The molecule has 0 saturated heterocycles. The quantitative estimate of drug-likeness (QED) is 0.449. The van der Waals surface area contributed by atoms with Gasteiger partial charge in [0.05, 0.1) is 22.6 Å². The molecule has 5 heteroatoms. The molecule has 0 radical (unpaired) electrons. The lowest BCUT2D eigenvalue weighted by atomic mass is 10.1. The lowest BCUT2D eigenvalue weighted by Gasteiger charge is -2.14. The van der Waals surface area contributed by atoms with Gasteiger partial charge in [-0.3, -0.25) is 14.9 Å². The minimum absolute atomic E-state index is 0.0573. The number of carbonyl (C=O) groups excluding carboxylic acids is 1. The van der Waals surface area contributed by atoms with Crippen LogP contribution in [0.4, 0.5) is 5.69 Å². The molecule has 0 N–H and O–H groups in total. The van der Waals surface area contributed by atoms with E-state index in [-0.39, 0.29) is 11.6 Å². The average Bonchev–Trinajstić information content (AvgIpc) is 2.72. The molecule has 1 aromatic carbocycles. The van der Waals surface area contributed by atoms with Crippen molar-refractivity contribution in [3.8, 4) is 0 Å². The van der Waals surface area contributed by atoms with Crippen LogP contribution in [-0.2, 0) is 6.54 Å². The van der Waals surface area contributed by atoms with Crippen LogP contribution in [0.1, 0.15) is 48.5 Å². The normalized spacial score (nSPS) is 13.7. The van der Waals surface area contributed by atoms with Crippen LogP contribution >= 0.6 is 0 Å². The molecule has 0 unspecified atom stereocenters. The number of hydrogen-bond acceptors (Lipinski definition) is 3. The van der Waals surface area contributed by atoms with Gasteiger partial charge in [-0.2, -0.15) is 0 Å². The molecule has 0 atom stereocenters. The van der Waals surface area contributed by atoms with Gasteiger partial charge in [0.2, 0.25) is 0 Å². The highest BCUT2D eigenvalue weighted by Gasteiger charge is 2.32. The molecule has 0 saturated carbocycles. The number of unbranched alkanes of at least 4 members (excludes halogenated alkanes) is 3. The van der Waals surface area contributed by atoms with Crippen LogP contribution in [0.15, 0.2) is 18.2 Å². The van der Waals surface area contributed by atoms with E-state index in [1.165, 1.54) is 6.07 Å². The van der Waals surface area contributed by atoms with Crippen LogP contribution < -0.4 is 0 Å². The smallest absolute Gasteiger partial charge is 0.275 e. The molecule has 102 valence electrons. The second-order valence-corrected chi connectivity index (χ2v) is 4.85. The van der Waals surface area contributed by atoms with E-state index in [2.05, 4.69) is 6.92 Å². The van der Waals surface area contributed by atoms with Gasteiger partial charge in [0.1, 0.15) is 0 Å². The van der Waals surface area contributed by atoms with Crippen LogP contribution in [0.5, 0.6) is 0 Å². The van der Waals surface area contributed by atoms with Crippen molar-refractivity contribution in [1.29, 1.82) is 0 Å². The van der Waals surface area contributed by atoms with Crippen LogP contribution in [0.25, 0.3) is 0 Å². The first kappa shape index (κ1) is 13.5. The molecule has 0 fully saturated rings. The minimum Gasteiger partial charge on any atom is -0.334 e. The van der Waals surface area contributed by atoms with E-state index in [0.29, 0.717) is 24.2 Å². The molecule has 0 aromatic heterocycles. The van der Waals surface area contributed by atoms with Crippen molar-refractivity contribution in [3.05, 3.63) is 39.4 Å². The van der Waals surface area contributed by atoms with Crippen LogP contribution in [0.3, 0.4) is 0 Å². The van der Waals surface area contributed by atoms with Crippen molar-refractivity contribution in [2.45, 2.75) is 39.2 Å². The summed E-state index contributed by atoms with van der Waals surface area (Å²) < 4.78 is 0. The Morgan fingerprint density at radius 2 is 2.11 bits per heavy atom. The van der Waals surface area contributed by atoms with Gasteiger partial charge >= 0.3 is 0 Å². The minimum atomic E-state index is -0.410. The van der Waals surface area contributed by atoms with Crippen molar-refractivity contribution < 1.29 is 9.72 Å². The second kappa shape index (κ2) is 5.82. The summed E-state index contributed by atoms with van der Waals surface area (Å²) in [6.45, 7) is 3.20. The number of hydrogen-bond donors (Lipinski definition) is 0. The highest BCUT2D eigenvalue weighted by Crippen LogP contribution is 2.30. The lowest BCUT2D eigenvalue weighted by Crippen LogP contribution is -2.24. The van der Waals surface area contributed by atoms with Crippen LogP contribution in [0, 0.1) is 10.1 Å². The van der Waals surface area contributed by atoms with Gasteiger partial charge in [0, 0.05) is 12.6 Å². The maximum atomic E-state index is 12.1. The van der Waals surface area contributed by atoms with Crippen molar-refractivity contribution in [2.75, 3.05) is 6.54 Å². The maximum absolute atomic E-state index is 12.1. The summed E-state index contributed by atoms with van der Waals surface area (Å²) in [5.41, 5.74) is 1.11. The first-order valence-corrected chi connectivity index (χ1v) is 6.70. The van der Waals surface area contributed by atoms with E-state index < -0.39 is 4.92 Å². The number of fused-ring (bicyclic) bond motifs is 1. The number of nitro groups is 1. The standard InChI is InChI=1S/C14H18N2O3/c1-2-3-4-5-9-15-10-12-11(14(15)17)7-6-8-13(12)16(18)19/h6-8H,2-5,9-10H2,1H3. The Labute approximate surface area is 112 Å².